The van der Waals surface area contributed by atoms with Gasteiger partial charge in [0.05, 0.1) is 21.1 Å². The monoisotopic (exact) mass is 450 g/mol. The van der Waals surface area contributed by atoms with Gasteiger partial charge in [0, 0.05) is 30.4 Å². The van der Waals surface area contributed by atoms with Crippen molar-refractivity contribution in [3.63, 3.8) is 0 Å². The van der Waals surface area contributed by atoms with Gasteiger partial charge in [0.1, 0.15) is 11.5 Å². The first-order valence-electron chi connectivity index (χ1n) is 7.55. The molecular weight excluding hydrogens is 440 g/mol. The fourth-order valence-corrected chi connectivity index (χ4v) is 2.94. The largest absolute Gasteiger partial charge is 0.457 e. The van der Waals surface area contributed by atoms with Crippen LogP contribution in [0.4, 0.5) is 11.4 Å². The van der Waals surface area contributed by atoms with Gasteiger partial charge >= 0.3 is 0 Å². The van der Waals surface area contributed by atoms with E-state index in [0.717, 1.165) is 0 Å². The Hall–Kier alpha value is -2.91. The van der Waals surface area contributed by atoms with Crippen LogP contribution in [0.5, 0.6) is 11.5 Å². The average molecular weight is 452 g/mol. The Bertz CT molecular complexity index is 1020. The standard InChI is InChI=1S/C17H12BrClN4O4/c1-22-9-15(18)16(21-22)17(24)20-11-6-12(23(25)26)8-14(7-11)27-13-4-2-10(19)3-5-13/h2-9H,1H3,(H,20,24). The lowest BCUT2D eigenvalue weighted by Crippen LogP contribution is -2.13. The van der Waals surface area contributed by atoms with Crippen LogP contribution in [0.25, 0.3) is 0 Å². The van der Waals surface area contributed by atoms with E-state index in [0.29, 0.717) is 15.2 Å². The molecule has 2 aromatic carbocycles. The smallest absolute Gasteiger partial charge is 0.277 e. The number of hydrogen-bond donors (Lipinski definition) is 1. The summed E-state index contributed by atoms with van der Waals surface area (Å²) in [7, 11) is 1.67. The molecule has 0 bridgehead atoms. The first kappa shape index (κ1) is 18.9. The molecule has 0 radical (unpaired) electrons. The van der Waals surface area contributed by atoms with Gasteiger partial charge < -0.3 is 10.1 Å². The molecule has 0 saturated carbocycles. The molecule has 3 rings (SSSR count). The summed E-state index contributed by atoms with van der Waals surface area (Å²) in [6.07, 6.45) is 1.62. The van der Waals surface area contributed by atoms with Crippen LogP contribution in [0.3, 0.4) is 0 Å². The van der Waals surface area contributed by atoms with Crippen molar-refractivity contribution in [2.45, 2.75) is 0 Å². The molecule has 0 atom stereocenters. The summed E-state index contributed by atoms with van der Waals surface area (Å²) in [6.45, 7) is 0. The van der Waals surface area contributed by atoms with E-state index in [-0.39, 0.29) is 22.8 Å². The lowest BCUT2D eigenvalue weighted by molar-refractivity contribution is -0.384. The number of nitro benzene ring substituents is 1. The Balaban J connectivity index is 1.89. The molecular formula is C17H12BrClN4O4. The van der Waals surface area contributed by atoms with Gasteiger partial charge in [0.15, 0.2) is 5.69 Å². The number of halogens is 2. The van der Waals surface area contributed by atoms with Gasteiger partial charge in [-0.3, -0.25) is 19.6 Å². The molecule has 10 heteroatoms. The summed E-state index contributed by atoms with van der Waals surface area (Å²) in [5.74, 6) is 0.131. The molecule has 1 amide bonds. The maximum atomic E-state index is 12.4. The highest BCUT2D eigenvalue weighted by Crippen LogP contribution is 2.30. The van der Waals surface area contributed by atoms with E-state index >= 15 is 0 Å². The van der Waals surface area contributed by atoms with Crippen molar-refractivity contribution in [1.29, 1.82) is 0 Å². The number of carbonyl (C=O) groups is 1. The van der Waals surface area contributed by atoms with Crippen LogP contribution in [-0.4, -0.2) is 20.6 Å². The van der Waals surface area contributed by atoms with Gasteiger partial charge in [-0.25, -0.2) is 0 Å². The SMILES string of the molecule is Cn1cc(Br)c(C(=O)Nc2cc(Oc3ccc(Cl)cc3)cc([N+](=O)[O-])c2)n1. The molecule has 0 spiro atoms. The Morgan fingerprint density at radius 1 is 1.26 bits per heavy atom. The highest BCUT2D eigenvalue weighted by Gasteiger charge is 2.17. The van der Waals surface area contributed by atoms with E-state index in [4.69, 9.17) is 16.3 Å². The number of rotatable bonds is 5. The van der Waals surface area contributed by atoms with Gasteiger partial charge in [-0.2, -0.15) is 5.10 Å². The number of carbonyl (C=O) groups excluding carboxylic acids is 1. The van der Waals surface area contributed by atoms with E-state index in [9.17, 15) is 14.9 Å². The number of non-ortho nitro benzene ring substituents is 1. The van der Waals surface area contributed by atoms with Crippen molar-refractivity contribution < 1.29 is 14.5 Å². The van der Waals surface area contributed by atoms with Crippen molar-refractivity contribution >= 4 is 44.8 Å². The molecule has 27 heavy (non-hydrogen) atoms. The van der Waals surface area contributed by atoms with Crippen LogP contribution in [-0.2, 0) is 7.05 Å². The number of nitrogens with one attached hydrogen (secondary N) is 1. The van der Waals surface area contributed by atoms with Crippen LogP contribution >= 0.6 is 27.5 Å². The summed E-state index contributed by atoms with van der Waals surface area (Å²) in [5, 5.41) is 18.4. The molecule has 8 nitrogen and oxygen atoms in total. The third-order valence-electron chi connectivity index (χ3n) is 3.41. The summed E-state index contributed by atoms with van der Waals surface area (Å²) >= 11 is 9.08. The third-order valence-corrected chi connectivity index (χ3v) is 4.24. The molecule has 0 unspecified atom stereocenters. The van der Waals surface area contributed by atoms with Crippen LogP contribution < -0.4 is 10.1 Å². The third kappa shape index (κ3) is 4.63. The predicted molar refractivity (Wildman–Crippen MR) is 103 cm³/mol. The Morgan fingerprint density at radius 3 is 2.56 bits per heavy atom. The van der Waals surface area contributed by atoms with Crippen molar-refractivity contribution in [3.05, 3.63) is 74.0 Å². The molecule has 3 aromatic rings. The minimum Gasteiger partial charge on any atom is -0.457 e. The number of aromatic nitrogens is 2. The van der Waals surface area contributed by atoms with Crippen molar-refractivity contribution in [2.75, 3.05) is 5.32 Å². The van der Waals surface area contributed by atoms with E-state index in [1.54, 1.807) is 37.5 Å². The minimum absolute atomic E-state index is 0.157. The van der Waals surface area contributed by atoms with Crippen LogP contribution in [0.15, 0.2) is 53.1 Å². The second kappa shape index (κ2) is 7.77. The first-order valence-corrected chi connectivity index (χ1v) is 8.72. The number of amides is 1. The van der Waals surface area contributed by atoms with Crippen molar-refractivity contribution in [3.8, 4) is 11.5 Å². The first-order chi connectivity index (χ1) is 12.8. The lowest BCUT2D eigenvalue weighted by Gasteiger charge is -2.09. The van der Waals surface area contributed by atoms with Gasteiger partial charge in [0.25, 0.3) is 11.6 Å². The zero-order valence-corrected chi connectivity index (χ0v) is 16.2. The topological polar surface area (TPSA) is 99.3 Å². The van der Waals surface area contributed by atoms with Crippen LogP contribution in [0, 0.1) is 10.1 Å². The van der Waals surface area contributed by atoms with Gasteiger partial charge in [-0.15, -0.1) is 0 Å². The van der Waals surface area contributed by atoms with Crippen molar-refractivity contribution in [1.82, 2.24) is 9.78 Å². The summed E-state index contributed by atoms with van der Waals surface area (Å²) in [5.41, 5.74) is 0.136. The lowest BCUT2D eigenvalue weighted by atomic mass is 10.2. The number of anilines is 1. The molecule has 0 saturated heterocycles. The molecule has 1 N–H and O–H groups in total. The quantitative estimate of drug-likeness (QED) is 0.444. The maximum absolute atomic E-state index is 12.4. The molecule has 1 heterocycles. The Morgan fingerprint density at radius 2 is 1.96 bits per heavy atom. The maximum Gasteiger partial charge on any atom is 0.277 e. The number of ether oxygens (including phenoxy) is 1. The number of nitro groups is 1. The van der Waals surface area contributed by atoms with Gasteiger partial charge in [-0.1, -0.05) is 11.6 Å². The van der Waals surface area contributed by atoms with Gasteiger partial charge in [-0.05, 0) is 40.2 Å². The average Bonchev–Trinajstić information content (AvgIpc) is 2.95. The summed E-state index contributed by atoms with van der Waals surface area (Å²) in [6, 6.07) is 10.5. The Labute approximate surface area is 167 Å². The van der Waals surface area contributed by atoms with E-state index < -0.39 is 10.8 Å². The fraction of sp³-hybridized carbons (Fsp3) is 0.0588. The van der Waals surface area contributed by atoms with Crippen LogP contribution in [0.2, 0.25) is 5.02 Å². The van der Waals surface area contributed by atoms with Gasteiger partial charge in [0.2, 0.25) is 0 Å². The number of aryl methyl sites for hydroxylation is 1. The highest BCUT2D eigenvalue weighted by atomic mass is 79.9. The minimum atomic E-state index is -0.568. The fourth-order valence-electron chi connectivity index (χ4n) is 2.26. The molecule has 0 aliphatic rings. The molecule has 0 aliphatic heterocycles. The van der Waals surface area contributed by atoms with E-state index in [1.165, 1.54) is 22.9 Å². The molecule has 0 aliphatic carbocycles. The predicted octanol–water partition coefficient (Wildman–Crippen LogP) is 4.79. The van der Waals surface area contributed by atoms with E-state index in [2.05, 4.69) is 26.3 Å². The zero-order chi connectivity index (χ0) is 19.6. The molecule has 1 aromatic heterocycles. The number of nitrogens with zero attached hydrogens (tertiary/aromatic N) is 3. The second-order valence-electron chi connectivity index (χ2n) is 5.48. The summed E-state index contributed by atoms with van der Waals surface area (Å²) in [4.78, 5) is 23.0. The zero-order valence-electron chi connectivity index (χ0n) is 13.8. The number of hydrogen-bond acceptors (Lipinski definition) is 5. The van der Waals surface area contributed by atoms with Crippen LogP contribution in [0.1, 0.15) is 10.5 Å². The highest BCUT2D eigenvalue weighted by molar-refractivity contribution is 9.10. The normalized spacial score (nSPS) is 10.5. The Kier molecular flexibility index (Phi) is 5.43. The molecule has 138 valence electrons. The van der Waals surface area contributed by atoms with Crippen molar-refractivity contribution in [2.24, 2.45) is 7.05 Å². The number of benzene rings is 2. The second-order valence-corrected chi connectivity index (χ2v) is 6.77. The van der Waals surface area contributed by atoms with E-state index in [1.807, 2.05) is 0 Å². The summed E-state index contributed by atoms with van der Waals surface area (Å²) < 4.78 is 7.62. The molecule has 0 fully saturated rings.